The number of hydrogen-bond donors (Lipinski definition) is 0. The highest BCUT2D eigenvalue weighted by molar-refractivity contribution is 5.20. The Morgan fingerprint density at radius 3 is 1.39 bits per heavy atom. The van der Waals surface area contributed by atoms with Crippen LogP contribution in [0.1, 0.15) is 96.3 Å². The second-order valence-corrected chi connectivity index (χ2v) is 11.8. The van der Waals surface area contributed by atoms with E-state index in [1.807, 2.05) is 51.1 Å². The van der Waals surface area contributed by atoms with Crippen LogP contribution in [0.15, 0.2) is 36.8 Å². The van der Waals surface area contributed by atoms with Crippen LogP contribution in [0, 0.1) is 20.8 Å². The minimum atomic E-state index is 0.160. The molecule has 0 unspecified atom stereocenters. The third-order valence-corrected chi connectivity index (χ3v) is 5.19. The summed E-state index contributed by atoms with van der Waals surface area (Å²) in [5.41, 5.74) is 6.53. The molecule has 182 valence electrons. The second-order valence-electron chi connectivity index (χ2n) is 11.8. The molecule has 0 radical (unpaired) electrons. The molecule has 5 nitrogen and oxygen atoms in total. The quantitative estimate of drug-likeness (QED) is 0.377. The van der Waals surface area contributed by atoms with Crippen molar-refractivity contribution in [2.45, 2.75) is 99.3 Å². The highest BCUT2D eigenvalue weighted by Gasteiger charge is 2.18. The zero-order valence-electron chi connectivity index (χ0n) is 23.2. The summed E-state index contributed by atoms with van der Waals surface area (Å²) in [5, 5.41) is 4.29. The first kappa shape index (κ1) is 28.5. The topological polar surface area (TPSA) is 56.5 Å². The van der Waals surface area contributed by atoms with Crippen LogP contribution in [0.25, 0.3) is 0 Å². The van der Waals surface area contributed by atoms with Gasteiger partial charge in [-0.05, 0) is 54.9 Å². The number of aryl methyl sites for hydroxylation is 4. The van der Waals surface area contributed by atoms with Crippen molar-refractivity contribution in [2.24, 2.45) is 7.05 Å². The summed E-state index contributed by atoms with van der Waals surface area (Å²) in [7, 11) is 1.99. The Bertz CT molecular complexity index is 922. The van der Waals surface area contributed by atoms with E-state index in [0.29, 0.717) is 0 Å². The van der Waals surface area contributed by atoms with E-state index in [4.69, 9.17) is 0 Å². The molecule has 3 rings (SSSR count). The van der Waals surface area contributed by atoms with Gasteiger partial charge in [-0.25, -0.2) is 9.97 Å². The first-order chi connectivity index (χ1) is 14.9. The largest absolute Gasteiger partial charge is 0.272 e. The van der Waals surface area contributed by atoms with Crippen LogP contribution < -0.4 is 0 Å². The molecule has 0 aliphatic rings. The highest BCUT2D eigenvalue weighted by Crippen LogP contribution is 2.22. The van der Waals surface area contributed by atoms with Gasteiger partial charge in [-0.2, -0.15) is 5.10 Å². The molecule has 0 spiro atoms. The van der Waals surface area contributed by atoms with Crippen LogP contribution in [0.2, 0.25) is 0 Å². The van der Waals surface area contributed by atoms with Crippen molar-refractivity contribution < 1.29 is 0 Å². The van der Waals surface area contributed by atoms with Crippen LogP contribution in [-0.2, 0) is 23.3 Å². The molecule has 3 heterocycles. The summed E-state index contributed by atoms with van der Waals surface area (Å²) in [6.45, 7) is 25.6. The molecule has 0 aromatic carbocycles. The normalized spacial score (nSPS) is 11.8. The van der Waals surface area contributed by atoms with Crippen molar-refractivity contribution in [2.75, 3.05) is 0 Å². The first-order valence-electron chi connectivity index (χ1n) is 11.6. The molecule has 33 heavy (non-hydrogen) atoms. The molecule has 3 aromatic rings. The van der Waals surface area contributed by atoms with E-state index in [0.717, 1.165) is 17.2 Å². The Morgan fingerprint density at radius 1 is 0.606 bits per heavy atom. The lowest BCUT2D eigenvalue weighted by atomic mass is 9.88. The summed E-state index contributed by atoms with van der Waals surface area (Å²) in [4.78, 5) is 12.5. The summed E-state index contributed by atoms with van der Waals surface area (Å²) in [5.74, 6) is 0.831. The molecule has 0 aliphatic carbocycles. The van der Waals surface area contributed by atoms with Crippen molar-refractivity contribution >= 4 is 0 Å². The Kier molecular flexibility index (Phi) is 9.53. The van der Waals surface area contributed by atoms with Crippen molar-refractivity contribution in [3.05, 3.63) is 70.8 Å². The van der Waals surface area contributed by atoms with E-state index in [-0.39, 0.29) is 16.2 Å². The Hall–Kier alpha value is -2.56. The molecule has 0 aliphatic heterocycles. The third-order valence-electron chi connectivity index (χ3n) is 5.19. The average molecular weight is 452 g/mol. The predicted molar refractivity (Wildman–Crippen MR) is 140 cm³/mol. The first-order valence-corrected chi connectivity index (χ1v) is 11.6. The molecule has 0 amide bonds. The van der Waals surface area contributed by atoms with Crippen molar-refractivity contribution in [3.63, 3.8) is 0 Å². The Morgan fingerprint density at radius 2 is 1.09 bits per heavy atom. The van der Waals surface area contributed by atoms with Crippen LogP contribution in [0.5, 0.6) is 0 Å². The molecule has 0 fully saturated rings. The van der Waals surface area contributed by atoms with E-state index in [2.05, 4.69) is 101 Å². The fraction of sp³-hybridized carbons (Fsp3) is 0.571. The summed E-state index contributed by atoms with van der Waals surface area (Å²) in [6.07, 6.45) is 5.74. The molecular weight excluding hydrogens is 406 g/mol. The molecule has 3 aromatic heterocycles. The van der Waals surface area contributed by atoms with E-state index >= 15 is 0 Å². The van der Waals surface area contributed by atoms with Gasteiger partial charge >= 0.3 is 0 Å². The van der Waals surface area contributed by atoms with Crippen LogP contribution in [0.4, 0.5) is 0 Å². The molecule has 0 N–H and O–H groups in total. The van der Waals surface area contributed by atoms with Gasteiger partial charge in [-0.3, -0.25) is 9.67 Å². The van der Waals surface area contributed by atoms with Crippen molar-refractivity contribution in [3.8, 4) is 0 Å². The predicted octanol–water partition coefficient (Wildman–Crippen LogP) is 6.80. The molecule has 0 atom stereocenters. The highest BCUT2D eigenvalue weighted by atomic mass is 15.3. The number of rotatable bonds is 0. The standard InChI is InChI=1S/C10H15N.C9H14N2.C9H16N2/c1-8-5-6-9(7-11-8)10(2,3)4;1-7-10-5-8(6-11-7)9(2,3)4;1-7-6-8(9(2,3)4)11(5)10-7/h5-7H,1-4H3;5-6H,1-4H3;6H,1-5H3. The van der Waals surface area contributed by atoms with Gasteiger partial charge in [0.2, 0.25) is 0 Å². The van der Waals surface area contributed by atoms with Gasteiger partial charge < -0.3 is 0 Å². The lowest BCUT2D eigenvalue weighted by Crippen LogP contribution is -2.16. The third kappa shape index (κ3) is 9.85. The monoisotopic (exact) mass is 451 g/mol. The van der Waals surface area contributed by atoms with Gasteiger partial charge in [0, 0.05) is 42.4 Å². The van der Waals surface area contributed by atoms with Crippen LogP contribution in [-0.4, -0.2) is 24.7 Å². The van der Waals surface area contributed by atoms with Gasteiger partial charge in [-0.1, -0.05) is 68.4 Å². The summed E-state index contributed by atoms with van der Waals surface area (Å²) >= 11 is 0. The van der Waals surface area contributed by atoms with E-state index < -0.39 is 0 Å². The number of hydrogen-bond acceptors (Lipinski definition) is 4. The van der Waals surface area contributed by atoms with Crippen LogP contribution in [0.3, 0.4) is 0 Å². The van der Waals surface area contributed by atoms with Gasteiger partial charge in [0.25, 0.3) is 0 Å². The van der Waals surface area contributed by atoms with Crippen LogP contribution >= 0.6 is 0 Å². The zero-order valence-corrected chi connectivity index (χ0v) is 23.2. The maximum Gasteiger partial charge on any atom is 0.125 e. The van der Waals surface area contributed by atoms with E-state index in [9.17, 15) is 0 Å². The molecule has 0 saturated carbocycles. The Labute approximate surface area is 202 Å². The zero-order chi connectivity index (χ0) is 25.6. The van der Waals surface area contributed by atoms with E-state index in [1.54, 1.807) is 0 Å². The van der Waals surface area contributed by atoms with Gasteiger partial charge in [-0.15, -0.1) is 0 Å². The maximum absolute atomic E-state index is 4.29. The average Bonchev–Trinajstić information content (AvgIpc) is 3.01. The minimum Gasteiger partial charge on any atom is -0.272 e. The number of aromatic nitrogens is 5. The minimum absolute atomic E-state index is 0.160. The van der Waals surface area contributed by atoms with Gasteiger partial charge in [0.05, 0.1) is 5.69 Å². The van der Waals surface area contributed by atoms with Crippen molar-refractivity contribution in [1.82, 2.24) is 24.7 Å². The number of pyridine rings is 1. The summed E-state index contributed by atoms with van der Waals surface area (Å²) < 4.78 is 1.95. The second kappa shape index (κ2) is 11.0. The smallest absolute Gasteiger partial charge is 0.125 e. The molecular formula is C28H45N5. The summed E-state index contributed by atoms with van der Waals surface area (Å²) in [6, 6.07) is 6.34. The van der Waals surface area contributed by atoms with Gasteiger partial charge in [0.1, 0.15) is 5.82 Å². The maximum atomic E-state index is 4.29. The van der Waals surface area contributed by atoms with Gasteiger partial charge in [0.15, 0.2) is 0 Å². The lowest BCUT2D eigenvalue weighted by molar-refractivity contribution is 0.522. The van der Waals surface area contributed by atoms with E-state index in [1.165, 1.54) is 16.8 Å². The fourth-order valence-electron chi connectivity index (χ4n) is 3.00. The Balaban J connectivity index is 0.000000247. The molecule has 0 bridgehead atoms. The van der Waals surface area contributed by atoms with Crippen molar-refractivity contribution in [1.29, 1.82) is 0 Å². The number of nitrogens with zero attached hydrogens (tertiary/aromatic N) is 5. The molecule has 5 heteroatoms. The lowest BCUT2D eigenvalue weighted by Gasteiger charge is -2.17. The SMILES string of the molecule is Cc1cc(C(C)(C)C)n(C)n1.Cc1ccc(C(C)(C)C)cn1.Cc1ncc(C(C)(C)C)cn1. The fourth-order valence-corrected chi connectivity index (χ4v) is 3.00. The molecule has 0 saturated heterocycles.